The summed E-state index contributed by atoms with van der Waals surface area (Å²) in [6.07, 6.45) is 0. The number of carbonyl (C=O) groups is 1. The van der Waals surface area contributed by atoms with Gasteiger partial charge in [0.25, 0.3) is 5.91 Å². The maximum atomic E-state index is 12.2. The fourth-order valence-electron chi connectivity index (χ4n) is 1.58. The molecule has 1 aromatic carbocycles. The van der Waals surface area contributed by atoms with E-state index in [0.29, 0.717) is 21.4 Å². The molecule has 3 N–H and O–H groups in total. The molecule has 98 valence electrons. The molecule has 19 heavy (non-hydrogen) atoms. The maximum absolute atomic E-state index is 12.2. The first-order valence-electron chi connectivity index (χ1n) is 5.47. The molecule has 0 saturated carbocycles. The van der Waals surface area contributed by atoms with Crippen molar-refractivity contribution in [3.63, 3.8) is 0 Å². The number of hydrogen-bond acceptors (Lipinski definition) is 3. The lowest BCUT2D eigenvalue weighted by Gasteiger charge is -2.10. The van der Waals surface area contributed by atoms with Crippen LogP contribution in [0.1, 0.15) is 16.1 Å². The molecule has 6 heteroatoms. The molecule has 0 unspecified atom stereocenters. The number of carbonyl (C=O) groups excluding carboxylic acids is 1. The van der Waals surface area contributed by atoms with E-state index in [2.05, 4.69) is 42.2 Å². The Bertz CT molecular complexity index is 644. The molecule has 0 atom stereocenters. The van der Waals surface area contributed by atoms with E-state index < -0.39 is 0 Å². The van der Waals surface area contributed by atoms with Gasteiger partial charge in [0.1, 0.15) is 4.60 Å². The molecule has 0 fully saturated rings. The SMILES string of the molecule is Cc1nc(Br)ccc1NC(=O)c1cccc(N)c1Br. The monoisotopic (exact) mass is 383 g/mol. The summed E-state index contributed by atoms with van der Waals surface area (Å²) in [7, 11) is 0. The van der Waals surface area contributed by atoms with Crippen LogP contribution >= 0.6 is 31.9 Å². The summed E-state index contributed by atoms with van der Waals surface area (Å²) in [5, 5.41) is 2.81. The van der Waals surface area contributed by atoms with Crippen LogP contribution in [0, 0.1) is 6.92 Å². The zero-order chi connectivity index (χ0) is 14.0. The Balaban J connectivity index is 2.28. The fraction of sp³-hybridized carbons (Fsp3) is 0.0769. The molecule has 0 radical (unpaired) electrons. The van der Waals surface area contributed by atoms with Gasteiger partial charge in [0, 0.05) is 5.69 Å². The highest BCUT2D eigenvalue weighted by atomic mass is 79.9. The predicted octanol–water partition coefficient (Wildman–Crippen LogP) is 3.75. The third-order valence-electron chi connectivity index (χ3n) is 2.57. The average Bonchev–Trinajstić information content (AvgIpc) is 2.36. The van der Waals surface area contributed by atoms with Gasteiger partial charge in [-0.25, -0.2) is 4.98 Å². The van der Waals surface area contributed by atoms with Crippen molar-refractivity contribution in [2.24, 2.45) is 0 Å². The summed E-state index contributed by atoms with van der Waals surface area (Å²) in [5.41, 5.74) is 8.18. The molecule has 0 aliphatic rings. The second kappa shape index (κ2) is 5.71. The number of aryl methyl sites for hydroxylation is 1. The van der Waals surface area contributed by atoms with E-state index in [0.717, 1.165) is 10.3 Å². The van der Waals surface area contributed by atoms with E-state index in [9.17, 15) is 4.79 Å². The number of hydrogen-bond donors (Lipinski definition) is 2. The Labute approximate surface area is 127 Å². The van der Waals surface area contributed by atoms with Gasteiger partial charge in [-0.2, -0.15) is 0 Å². The number of anilines is 2. The number of benzene rings is 1. The van der Waals surface area contributed by atoms with Gasteiger partial charge in [-0.05, 0) is 63.0 Å². The van der Waals surface area contributed by atoms with Crippen LogP contribution in [0.4, 0.5) is 11.4 Å². The number of pyridine rings is 1. The van der Waals surface area contributed by atoms with Gasteiger partial charge in [0.2, 0.25) is 0 Å². The summed E-state index contributed by atoms with van der Waals surface area (Å²) >= 11 is 6.60. The number of rotatable bonds is 2. The molecule has 0 bridgehead atoms. The number of aromatic nitrogens is 1. The van der Waals surface area contributed by atoms with Crippen molar-refractivity contribution in [1.82, 2.24) is 4.98 Å². The summed E-state index contributed by atoms with van der Waals surface area (Å²) in [4.78, 5) is 16.4. The van der Waals surface area contributed by atoms with Crippen molar-refractivity contribution in [2.45, 2.75) is 6.92 Å². The van der Waals surface area contributed by atoms with E-state index in [1.807, 2.05) is 6.92 Å². The Hall–Kier alpha value is -1.40. The molecular weight excluding hydrogens is 374 g/mol. The minimum atomic E-state index is -0.230. The lowest BCUT2D eigenvalue weighted by Crippen LogP contribution is -2.14. The molecule has 0 aliphatic carbocycles. The number of nitrogens with zero attached hydrogens (tertiary/aromatic N) is 1. The van der Waals surface area contributed by atoms with Gasteiger partial charge < -0.3 is 11.1 Å². The molecule has 0 saturated heterocycles. The van der Waals surface area contributed by atoms with Gasteiger partial charge >= 0.3 is 0 Å². The molecule has 0 aliphatic heterocycles. The van der Waals surface area contributed by atoms with Crippen LogP contribution in [0.3, 0.4) is 0 Å². The molecule has 0 spiro atoms. The van der Waals surface area contributed by atoms with E-state index in [1.54, 1.807) is 30.3 Å². The number of amides is 1. The molecule has 1 aromatic heterocycles. The number of nitrogen functional groups attached to an aromatic ring is 1. The molecule has 2 rings (SSSR count). The van der Waals surface area contributed by atoms with Crippen LogP contribution in [-0.2, 0) is 0 Å². The Kier molecular flexibility index (Phi) is 4.21. The Morgan fingerprint density at radius 1 is 1.26 bits per heavy atom. The summed E-state index contributed by atoms with van der Waals surface area (Å²) < 4.78 is 1.32. The zero-order valence-corrected chi connectivity index (χ0v) is 13.2. The zero-order valence-electron chi connectivity index (χ0n) is 10.1. The Morgan fingerprint density at radius 3 is 2.68 bits per heavy atom. The molecule has 1 amide bonds. The van der Waals surface area contributed by atoms with Crippen molar-refractivity contribution in [3.05, 3.63) is 50.7 Å². The van der Waals surface area contributed by atoms with Crippen molar-refractivity contribution in [1.29, 1.82) is 0 Å². The smallest absolute Gasteiger partial charge is 0.256 e. The normalized spacial score (nSPS) is 10.3. The largest absolute Gasteiger partial charge is 0.398 e. The first-order chi connectivity index (χ1) is 8.99. The Morgan fingerprint density at radius 2 is 2.00 bits per heavy atom. The predicted molar refractivity (Wildman–Crippen MR) is 83.2 cm³/mol. The minimum absolute atomic E-state index is 0.230. The summed E-state index contributed by atoms with van der Waals surface area (Å²) in [5.74, 6) is -0.230. The standard InChI is InChI=1S/C13H11Br2N3O/c1-7-10(5-6-11(14)17-7)18-13(19)8-3-2-4-9(16)12(8)15/h2-6H,16H2,1H3,(H,18,19). The van der Waals surface area contributed by atoms with Gasteiger partial charge in [-0.3, -0.25) is 4.79 Å². The molecule has 4 nitrogen and oxygen atoms in total. The third kappa shape index (κ3) is 3.13. The number of nitrogens with one attached hydrogen (secondary N) is 1. The van der Waals surface area contributed by atoms with E-state index in [4.69, 9.17) is 5.73 Å². The number of halogens is 2. The van der Waals surface area contributed by atoms with Gasteiger partial charge in [-0.15, -0.1) is 0 Å². The highest BCUT2D eigenvalue weighted by molar-refractivity contribution is 9.10. The van der Waals surface area contributed by atoms with Crippen molar-refractivity contribution in [3.8, 4) is 0 Å². The van der Waals surface area contributed by atoms with E-state index in [-0.39, 0.29) is 5.91 Å². The fourth-order valence-corrected chi connectivity index (χ4v) is 2.42. The first kappa shape index (κ1) is 14.0. The van der Waals surface area contributed by atoms with Gasteiger partial charge in [0.15, 0.2) is 0 Å². The van der Waals surface area contributed by atoms with Crippen molar-refractivity contribution in [2.75, 3.05) is 11.1 Å². The second-order valence-electron chi connectivity index (χ2n) is 3.93. The quantitative estimate of drug-likeness (QED) is 0.612. The molecule has 2 aromatic rings. The lowest BCUT2D eigenvalue weighted by molar-refractivity contribution is 0.102. The third-order valence-corrected chi connectivity index (χ3v) is 3.90. The average molecular weight is 385 g/mol. The lowest BCUT2D eigenvalue weighted by atomic mass is 10.2. The van der Waals surface area contributed by atoms with Crippen LogP contribution in [0.15, 0.2) is 39.4 Å². The molecular formula is C13H11Br2N3O. The van der Waals surface area contributed by atoms with Gasteiger partial charge in [-0.1, -0.05) is 6.07 Å². The minimum Gasteiger partial charge on any atom is -0.398 e. The van der Waals surface area contributed by atoms with Crippen molar-refractivity contribution < 1.29 is 4.79 Å². The maximum Gasteiger partial charge on any atom is 0.256 e. The van der Waals surface area contributed by atoms with Crippen LogP contribution in [0.25, 0.3) is 0 Å². The van der Waals surface area contributed by atoms with Crippen LogP contribution in [0.2, 0.25) is 0 Å². The van der Waals surface area contributed by atoms with E-state index >= 15 is 0 Å². The van der Waals surface area contributed by atoms with Crippen molar-refractivity contribution >= 4 is 49.1 Å². The summed E-state index contributed by atoms with van der Waals surface area (Å²) in [6, 6.07) is 8.74. The van der Waals surface area contributed by atoms with Crippen LogP contribution in [-0.4, -0.2) is 10.9 Å². The topological polar surface area (TPSA) is 68.0 Å². The molecule has 1 heterocycles. The first-order valence-corrected chi connectivity index (χ1v) is 7.06. The highest BCUT2D eigenvalue weighted by Crippen LogP contribution is 2.25. The highest BCUT2D eigenvalue weighted by Gasteiger charge is 2.13. The van der Waals surface area contributed by atoms with E-state index in [1.165, 1.54) is 0 Å². The number of nitrogens with two attached hydrogens (primary N) is 1. The van der Waals surface area contributed by atoms with Crippen LogP contribution in [0.5, 0.6) is 0 Å². The van der Waals surface area contributed by atoms with Crippen LogP contribution < -0.4 is 11.1 Å². The second-order valence-corrected chi connectivity index (χ2v) is 5.54. The van der Waals surface area contributed by atoms with Gasteiger partial charge in [0.05, 0.1) is 21.4 Å². The summed E-state index contributed by atoms with van der Waals surface area (Å²) in [6.45, 7) is 1.83.